The molecule has 0 unspecified atom stereocenters. The van der Waals surface area contributed by atoms with E-state index >= 15 is 0 Å². The number of hydrogen-bond acceptors (Lipinski definition) is 6. The zero-order valence-corrected chi connectivity index (χ0v) is 19.1. The molecule has 1 aromatic heterocycles. The Morgan fingerprint density at radius 1 is 1.13 bits per heavy atom. The third kappa shape index (κ3) is 5.92. The van der Waals surface area contributed by atoms with Gasteiger partial charge in [0, 0.05) is 25.0 Å². The predicted octanol–water partition coefficient (Wildman–Crippen LogP) is 2.52. The van der Waals surface area contributed by atoms with E-state index in [1.807, 2.05) is 12.1 Å². The van der Waals surface area contributed by atoms with Crippen LogP contribution in [0, 0.1) is 5.92 Å². The standard InChI is InChI=1S/C21H34N4O4S/c1-14(2)30(27,28)24-18-7-5-17(6-8-18)21(26)23-19-9-10-20(22-11-19)25-12-15(3)29-16(4)13-25/h9-11,14-18,24H,5-8,12-13H2,1-4H3,(H,23,26)/t15-,16+,17-,18-. The van der Waals surface area contributed by atoms with E-state index in [4.69, 9.17) is 4.74 Å². The quantitative estimate of drug-likeness (QED) is 0.708. The van der Waals surface area contributed by atoms with Crippen LogP contribution in [0.1, 0.15) is 53.4 Å². The number of amides is 1. The van der Waals surface area contributed by atoms with Gasteiger partial charge < -0.3 is 15.0 Å². The Bertz CT molecular complexity index is 810. The summed E-state index contributed by atoms with van der Waals surface area (Å²) in [5, 5.41) is 2.51. The smallest absolute Gasteiger partial charge is 0.227 e. The number of carbonyl (C=O) groups excluding carboxylic acids is 1. The van der Waals surface area contributed by atoms with Gasteiger partial charge in [-0.3, -0.25) is 4.79 Å². The lowest BCUT2D eigenvalue weighted by molar-refractivity contribution is -0.120. The molecule has 168 valence electrons. The fraction of sp³-hybridized carbons (Fsp3) is 0.714. The highest BCUT2D eigenvalue weighted by molar-refractivity contribution is 7.90. The molecule has 3 rings (SSSR count). The Morgan fingerprint density at radius 3 is 2.30 bits per heavy atom. The van der Waals surface area contributed by atoms with E-state index in [9.17, 15) is 13.2 Å². The number of ether oxygens (including phenoxy) is 1. The van der Waals surface area contributed by atoms with Crippen molar-refractivity contribution in [2.24, 2.45) is 5.92 Å². The summed E-state index contributed by atoms with van der Waals surface area (Å²) in [5.41, 5.74) is 0.681. The van der Waals surface area contributed by atoms with Crippen molar-refractivity contribution in [2.45, 2.75) is 76.9 Å². The molecule has 0 radical (unpaired) electrons. The summed E-state index contributed by atoms with van der Waals surface area (Å²) in [6.45, 7) is 9.04. The minimum Gasteiger partial charge on any atom is -0.372 e. The van der Waals surface area contributed by atoms with Crippen molar-refractivity contribution in [3.8, 4) is 0 Å². The Kier molecular flexibility index (Phi) is 7.36. The highest BCUT2D eigenvalue weighted by Crippen LogP contribution is 2.27. The summed E-state index contributed by atoms with van der Waals surface area (Å²) >= 11 is 0. The average molecular weight is 439 g/mol. The van der Waals surface area contributed by atoms with Crippen LogP contribution in [0.25, 0.3) is 0 Å². The third-order valence-corrected chi connectivity index (χ3v) is 7.71. The van der Waals surface area contributed by atoms with Crippen molar-refractivity contribution in [3.05, 3.63) is 18.3 Å². The summed E-state index contributed by atoms with van der Waals surface area (Å²) in [6.07, 6.45) is 4.72. The fourth-order valence-corrected chi connectivity index (χ4v) is 5.07. The molecule has 0 bridgehead atoms. The lowest BCUT2D eigenvalue weighted by atomic mass is 9.86. The maximum absolute atomic E-state index is 12.6. The highest BCUT2D eigenvalue weighted by atomic mass is 32.2. The first-order valence-corrected chi connectivity index (χ1v) is 12.4. The van der Waals surface area contributed by atoms with E-state index in [0.29, 0.717) is 31.4 Å². The Labute approximate surface area is 179 Å². The van der Waals surface area contributed by atoms with Crippen LogP contribution in [0.5, 0.6) is 0 Å². The van der Waals surface area contributed by atoms with E-state index in [2.05, 4.69) is 33.8 Å². The fourth-order valence-electron chi connectivity index (χ4n) is 4.10. The molecule has 2 fully saturated rings. The molecule has 0 aromatic carbocycles. The Balaban J connectivity index is 1.50. The number of anilines is 2. The summed E-state index contributed by atoms with van der Waals surface area (Å²) in [5.74, 6) is 0.752. The number of nitrogens with one attached hydrogen (secondary N) is 2. The molecule has 1 saturated heterocycles. The number of morpholine rings is 1. The van der Waals surface area contributed by atoms with Gasteiger partial charge in [0.05, 0.1) is 29.3 Å². The number of hydrogen-bond donors (Lipinski definition) is 2. The molecule has 1 aliphatic heterocycles. The summed E-state index contributed by atoms with van der Waals surface area (Å²) in [7, 11) is -3.28. The van der Waals surface area contributed by atoms with Gasteiger partial charge in [0.25, 0.3) is 0 Å². The molecule has 1 aliphatic carbocycles. The molecular weight excluding hydrogens is 404 g/mol. The van der Waals surface area contributed by atoms with Gasteiger partial charge in [-0.1, -0.05) is 0 Å². The topological polar surface area (TPSA) is 101 Å². The van der Waals surface area contributed by atoms with Gasteiger partial charge in [-0.15, -0.1) is 0 Å². The highest BCUT2D eigenvalue weighted by Gasteiger charge is 2.29. The predicted molar refractivity (Wildman–Crippen MR) is 118 cm³/mol. The molecule has 2 N–H and O–H groups in total. The minimum absolute atomic E-state index is 0.0247. The summed E-state index contributed by atoms with van der Waals surface area (Å²) < 4.78 is 32.6. The van der Waals surface area contributed by atoms with Crippen molar-refractivity contribution >= 4 is 27.4 Å². The van der Waals surface area contributed by atoms with Gasteiger partial charge >= 0.3 is 0 Å². The van der Waals surface area contributed by atoms with Gasteiger partial charge in [0.2, 0.25) is 15.9 Å². The Morgan fingerprint density at radius 2 is 1.77 bits per heavy atom. The molecule has 8 nitrogen and oxygen atoms in total. The molecule has 2 heterocycles. The van der Waals surface area contributed by atoms with Gasteiger partial charge in [-0.05, 0) is 65.5 Å². The molecular formula is C21H34N4O4S. The largest absolute Gasteiger partial charge is 0.372 e. The van der Waals surface area contributed by atoms with E-state index in [1.54, 1.807) is 20.0 Å². The van der Waals surface area contributed by atoms with Gasteiger partial charge in [-0.25, -0.2) is 18.1 Å². The van der Waals surface area contributed by atoms with E-state index < -0.39 is 15.3 Å². The van der Waals surface area contributed by atoms with Crippen molar-refractivity contribution in [1.29, 1.82) is 0 Å². The number of nitrogens with zero attached hydrogens (tertiary/aromatic N) is 2. The van der Waals surface area contributed by atoms with Gasteiger partial charge in [-0.2, -0.15) is 0 Å². The van der Waals surface area contributed by atoms with Crippen molar-refractivity contribution in [1.82, 2.24) is 9.71 Å². The second kappa shape index (κ2) is 9.62. The first-order chi connectivity index (χ1) is 14.1. The Hall–Kier alpha value is -1.71. The second-order valence-corrected chi connectivity index (χ2v) is 11.1. The van der Waals surface area contributed by atoms with E-state index in [1.165, 1.54) is 0 Å². The van der Waals surface area contributed by atoms with E-state index in [-0.39, 0.29) is 30.1 Å². The minimum atomic E-state index is -3.28. The van der Waals surface area contributed by atoms with Crippen LogP contribution in [0.4, 0.5) is 11.5 Å². The summed E-state index contributed by atoms with van der Waals surface area (Å²) in [6, 6.07) is 3.73. The monoisotopic (exact) mass is 438 g/mol. The SMILES string of the molecule is CC(C)S(=O)(=O)N[C@H]1CC[C@H](C(=O)Nc2ccc(N3C[C@@H](C)O[C@@H](C)C3)nc2)CC1. The lowest BCUT2D eigenvalue weighted by Gasteiger charge is -2.36. The van der Waals surface area contributed by atoms with Crippen LogP contribution in [0.3, 0.4) is 0 Å². The molecule has 1 amide bonds. The van der Waals surface area contributed by atoms with Gasteiger partial charge in [0.15, 0.2) is 0 Å². The molecule has 2 aliphatic rings. The zero-order chi connectivity index (χ0) is 21.9. The van der Waals surface area contributed by atoms with Crippen LogP contribution >= 0.6 is 0 Å². The number of aromatic nitrogens is 1. The number of sulfonamides is 1. The third-order valence-electron chi connectivity index (χ3n) is 5.81. The lowest BCUT2D eigenvalue weighted by Crippen LogP contribution is -2.45. The van der Waals surface area contributed by atoms with Crippen LogP contribution in [0.15, 0.2) is 18.3 Å². The van der Waals surface area contributed by atoms with Crippen molar-refractivity contribution in [3.63, 3.8) is 0 Å². The van der Waals surface area contributed by atoms with Crippen LogP contribution < -0.4 is 14.9 Å². The molecule has 1 aromatic rings. The molecule has 9 heteroatoms. The number of rotatable bonds is 6. The van der Waals surface area contributed by atoms with E-state index in [0.717, 1.165) is 18.9 Å². The van der Waals surface area contributed by atoms with Crippen LogP contribution in [-0.2, 0) is 19.6 Å². The maximum atomic E-state index is 12.6. The average Bonchev–Trinajstić information content (AvgIpc) is 2.68. The number of carbonyl (C=O) groups is 1. The maximum Gasteiger partial charge on any atom is 0.227 e. The normalized spacial score (nSPS) is 27.8. The molecule has 1 saturated carbocycles. The first-order valence-electron chi connectivity index (χ1n) is 10.8. The van der Waals surface area contributed by atoms with Crippen molar-refractivity contribution < 1.29 is 17.9 Å². The zero-order valence-electron chi connectivity index (χ0n) is 18.3. The molecule has 30 heavy (non-hydrogen) atoms. The van der Waals surface area contributed by atoms with Crippen LogP contribution in [0.2, 0.25) is 0 Å². The first kappa shape index (κ1) is 23.0. The van der Waals surface area contributed by atoms with Crippen molar-refractivity contribution in [2.75, 3.05) is 23.3 Å². The van der Waals surface area contributed by atoms with Crippen LogP contribution in [-0.4, -0.2) is 55.9 Å². The summed E-state index contributed by atoms with van der Waals surface area (Å²) in [4.78, 5) is 19.4. The second-order valence-electron chi connectivity index (χ2n) is 8.82. The molecule has 0 spiro atoms. The number of pyridine rings is 1. The molecule has 2 atom stereocenters. The van der Waals surface area contributed by atoms with Gasteiger partial charge in [0.1, 0.15) is 5.82 Å².